The predicted octanol–water partition coefficient (Wildman–Crippen LogP) is 2.27. The van der Waals surface area contributed by atoms with Gasteiger partial charge in [0, 0.05) is 6.54 Å². The molecule has 0 unspecified atom stereocenters. The van der Waals surface area contributed by atoms with E-state index in [4.69, 9.17) is 4.74 Å². The highest BCUT2D eigenvalue weighted by molar-refractivity contribution is 7.99. The van der Waals surface area contributed by atoms with Crippen molar-refractivity contribution in [2.45, 2.75) is 12.8 Å². The van der Waals surface area contributed by atoms with Gasteiger partial charge in [-0.15, -0.1) is 0 Å². The van der Waals surface area contributed by atoms with E-state index < -0.39 is 0 Å². The lowest BCUT2D eigenvalue weighted by atomic mass is 10.0. The SMILES string of the molecule is COc1ccc(O)c(C(=O)NCC2CCSCC2)c1. The molecule has 2 rings (SSSR count). The third-order valence-corrected chi connectivity index (χ3v) is 4.39. The molecule has 2 N–H and O–H groups in total. The lowest BCUT2D eigenvalue weighted by Gasteiger charge is -2.21. The summed E-state index contributed by atoms with van der Waals surface area (Å²) >= 11 is 1.97. The molecule has 1 fully saturated rings. The number of rotatable bonds is 4. The molecule has 0 aromatic heterocycles. The van der Waals surface area contributed by atoms with Gasteiger partial charge in [-0.25, -0.2) is 0 Å². The largest absolute Gasteiger partial charge is 0.507 e. The van der Waals surface area contributed by atoms with Gasteiger partial charge in [0.2, 0.25) is 0 Å². The lowest BCUT2D eigenvalue weighted by Crippen LogP contribution is -2.31. The second-order valence-electron chi connectivity index (χ2n) is 4.65. The summed E-state index contributed by atoms with van der Waals surface area (Å²) in [7, 11) is 1.54. The number of phenols is 1. The van der Waals surface area contributed by atoms with E-state index in [9.17, 15) is 9.90 Å². The Morgan fingerprint density at radius 1 is 1.47 bits per heavy atom. The molecule has 19 heavy (non-hydrogen) atoms. The number of methoxy groups -OCH3 is 1. The third-order valence-electron chi connectivity index (χ3n) is 3.34. The van der Waals surface area contributed by atoms with Crippen LogP contribution in [0.1, 0.15) is 23.2 Å². The van der Waals surface area contributed by atoms with E-state index in [2.05, 4.69) is 5.32 Å². The predicted molar refractivity (Wildman–Crippen MR) is 77.0 cm³/mol. The van der Waals surface area contributed by atoms with E-state index >= 15 is 0 Å². The van der Waals surface area contributed by atoms with Gasteiger partial charge in [-0.2, -0.15) is 11.8 Å². The van der Waals surface area contributed by atoms with Crippen molar-refractivity contribution >= 4 is 17.7 Å². The fourth-order valence-electron chi connectivity index (χ4n) is 2.11. The molecule has 5 heteroatoms. The molecule has 0 atom stereocenters. The number of hydrogen-bond donors (Lipinski definition) is 2. The highest BCUT2D eigenvalue weighted by Crippen LogP contribution is 2.24. The number of ether oxygens (including phenoxy) is 1. The van der Waals surface area contributed by atoms with Gasteiger partial charge in [-0.3, -0.25) is 4.79 Å². The first kappa shape index (κ1) is 14.1. The molecule has 104 valence electrons. The minimum Gasteiger partial charge on any atom is -0.507 e. The maximum atomic E-state index is 12.0. The van der Waals surface area contributed by atoms with Crippen molar-refractivity contribution in [3.05, 3.63) is 23.8 Å². The van der Waals surface area contributed by atoms with Crippen molar-refractivity contribution in [1.82, 2.24) is 5.32 Å². The zero-order valence-electron chi connectivity index (χ0n) is 11.0. The van der Waals surface area contributed by atoms with Crippen LogP contribution in [0, 0.1) is 5.92 Å². The van der Waals surface area contributed by atoms with Crippen molar-refractivity contribution in [2.24, 2.45) is 5.92 Å². The Morgan fingerprint density at radius 3 is 2.89 bits per heavy atom. The molecule has 1 aliphatic rings. The molecular weight excluding hydrogens is 262 g/mol. The fourth-order valence-corrected chi connectivity index (χ4v) is 3.31. The van der Waals surface area contributed by atoms with E-state index in [1.165, 1.54) is 24.7 Å². The number of thioether (sulfide) groups is 1. The third kappa shape index (κ3) is 3.80. The number of hydrogen-bond acceptors (Lipinski definition) is 4. The summed E-state index contributed by atoms with van der Waals surface area (Å²) < 4.78 is 5.06. The maximum absolute atomic E-state index is 12.0. The van der Waals surface area contributed by atoms with Crippen LogP contribution in [0.4, 0.5) is 0 Å². The van der Waals surface area contributed by atoms with Crippen LogP contribution in [0.2, 0.25) is 0 Å². The van der Waals surface area contributed by atoms with Crippen LogP contribution >= 0.6 is 11.8 Å². The second-order valence-corrected chi connectivity index (χ2v) is 5.87. The van der Waals surface area contributed by atoms with Gasteiger partial charge >= 0.3 is 0 Å². The topological polar surface area (TPSA) is 58.6 Å². The summed E-state index contributed by atoms with van der Waals surface area (Å²) in [5.41, 5.74) is 0.268. The lowest BCUT2D eigenvalue weighted by molar-refractivity contribution is 0.0943. The highest BCUT2D eigenvalue weighted by Gasteiger charge is 2.17. The summed E-state index contributed by atoms with van der Waals surface area (Å²) in [4.78, 5) is 12.0. The molecule has 0 saturated carbocycles. The summed E-state index contributed by atoms with van der Waals surface area (Å²) in [6, 6.07) is 4.66. The molecule has 4 nitrogen and oxygen atoms in total. The highest BCUT2D eigenvalue weighted by atomic mass is 32.2. The van der Waals surface area contributed by atoms with E-state index in [1.54, 1.807) is 12.1 Å². The molecule has 1 heterocycles. The summed E-state index contributed by atoms with van der Waals surface area (Å²) in [6.07, 6.45) is 2.30. The number of nitrogens with one attached hydrogen (secondary N) is 1. The average molecular weight is 281 g/mol. The zero-order valence-corrected chi connectivity index (χ0v) is 11.8. The Morgan fingerprint density at radius 2 is 2.21 bits per heavy atom. The molecule has 1 aliphatic heterocycles. The molecule has 0 aliphatic carbocycles. The summed E-state index contributed by atoms with van der Waals surface area (Å²) in [5.74, 6) is 3.21. The molecule has 1 aromatic rings. The van der Waals surface area contributed by atoms with Gasteiger partial charge in [0.1, 0.15) is 11.5 Å². The first-order valence-electron chi connectivity index (χ1n) is 6.43. The van der Waals surface area contributed by atoms with Gasteiger partial charge in [0.25, 0.3) is 5.91 Å². The van der Waals surface area contributed by atoms with Crippen molar-refractivity contribution in [3.63, 3.8) is 0 Å². The summed E-state index contributed by atoms with van der Waals surface area (Å²) in [5, 5.41) is 12.6. The number of carbonyl (C=O) groups excluding carboxylic acids is 1. The second kappa shape index (κ2) is 6.70. The molecule has 0 bridgehead atoms. The number of benzene rings is 1. The van der Waals surface area contributed by atoms with Crippen LogP contribution in [0.3, 0.4) is 0 Å². The molecule has 0 radical (unpaired) electrons. The molecular formula is C14H19NO3S. The fraction of sp³-hybridized carbons (Fsp3) is 0.500. The van der Waals surface area contributed by atoms with Crippen molar-refractivity contribution < 1.29 is 14.6 Å². The van der Waals surface area contributed by atoms with Gasteiger partial charge in [-0.05, 0) is 48.5 Å². The number of amides is 1. The minimum atomic E-state index is -0.241. The van der Waals surface area contributed by atoms with Crippen LogP contribution in [0.5, 0.6) is 11.5 Å². The van der Waals surface area contributed by atoms with Gasteiger partial charge in [-0.1, -0.05) is 0 Å². The quantitative estimate of drug-likeness (QED) is 0.889. The van der Waals surface area contributed by atoms with Crippen LogP contribution in [0.25, 0.3) is 0 Å². The normalized spacial score (nSPS) is 16.1. The van der Waals surface area contributed by atoms with E-state index in [0.29, 0.717) is 18.2 Å². The van der Waals surface area contributed by atoms with Crippen molar-refractivity contribution in [3.8, 4) is 11.5 Å². The van der Waals surface area contributed by atoms with Crippen LogP contribution in [0.15, 0.2) is 18.2 Å². The van der Waals surface area contributed by atoms with E-state index in [1.807, 2.05) is 11.8 Å². The smallest absolute Gasteiger partial charge is 0.255 e. The molecule has 1 amide bonds. The molecule has 1 aromatic carbocycles. The number of aromatic hydroxyl groups is 1. The van der Waals surface area contributed by atoms with Crippen LogP contribution in [-0.4, -0.2) is 36.2 Å². The van der Waals surface area contributed by atoms with Gasteiger partial charge in [0.15, 0.2) is 0 Å². The Kier molecular flexibility index (Phi) is 4.96. The Balaban J connectivity index is 1.95. The van der Waals surface area contributed by atoms with Crippen LogP contribution < -0.4 is 10.1 Å². The molecule has 1 saturated heterocycles. The first-order valence-corrected chi connectivity index (χ1v) is 7.59. The standard InChI is InChI=1S/C14H19NO3S/c1-18-11-2-3-13(16)12(8-11)14(17)15-9-10-4-6-19-7-5-10/h2-3,8,10,16H,4-7,9H2,1H3,(H,15,17). The Hall–Kier alpha value is -1.36. The van der Waals surface area contributed by atoms with Gasteiger partial charge < -0.3 is 15.2 Å². The zero-order chi connectivity index (χ0) is 13.7. The minimum absolute atomic E-state index is 0.0162. The maximum Gasteiger partial charge on any atom is 0.255 e. The number of phenolic OH excluding ortho intramolecular Hbond substituents is 1. The van der Waals surface area contributed by atoms with E-state index in [-0.39, 0.29) is 17.2 Å². The monoisotopic (exact) mass is 281 g/mol. The van der Waals surface area contributed by atoms with E-state index in [0.717, 1.165) is 12.8 Å². The Bertz CT molecular complexity index is 444. The Labute approximate surface area is 117 Å². The number of carbonyl (C=O) groups is 1. The van der Waals surface area contributed by atoms with Crippen molar-refractivity contribution in [2.75, 3.05) is 25.2 Å². The van der Waals surface area contributed by atoms with Gasteiger partial charge in [0.05, 0.1) is 12.7 Å². The summed E-state index contributed by atoms with van der Waals surface area (Å²) in [6.45, 7) is 0.677. The van der Waals surface area contributed by atoms with Crippen molar-refractivity contribution in [1.29, 1.82) is 0 Å². The molecule has 0 spiro atoms. The van der Waals surface area contributed by atoms with Crippen LogP contribution in [-0.2, 0) is 0 Å². The average Bonchev–Trinajstić information content (AvgIpc) is 2.46. The first-order chi connectivity index (χ1) is 9.20.